The summed E-state index contributed by atoms with van der Waals surface area (Å²) >= 11 is 0. The van der Waals surface area contributed by atoms with Gasteiger partial charge < -0.3 is 9.05 Å². The summed E-state index contributed by atoms with van der Waals surface area (Å²) in [6.07, 6.45) is 3.97. The summed E-state index contributed by atoms with van der Waals surface area (Å²) in [6.45, 7) is 10.9. The lowest BCUT2D eigenvalue weighted by Crippen LogP contribution is -2.20. The molecule has 0 spiro atoms. The van der Waals surface area contributed by atoms with Gasteiger partial charge in [-0.3, -0.25) is 4.57 Å². The van der Waals surface area contributed by atoms with Crippen molar-refractivity contribution in [3.8, 4) is 0 Å². The molecule has 0 aliphatic heterocycles. The van der Waals surface area contributed by atoms with E-state index in [9.17, 15) is 4.57 Å². The molecule has 5 nitrogen and oxygen atoms in total. The minimum Gasteiger partial charge on any atom is -0.309 e. The third-order valence-corrected chi connectivity index (χ3v) is 4.21. The molecule has 122 valence electrons. The van der Waals surface area contributed by atoms with Gasteiger partial charge in [0.25, 0.3) is 0 Å². The van der Waals surface area contributed by atoms with Crippen molar-refractivity contribution in [2.24, 2.45) is 0 Å². The average molecular weight is 310 g/mol. The Bertz CT molecular complexity index is 261. The Kier molecular flexibility index (Phi) is 10.8. The SMILES string of the molecule is CCCCOP(=O)(CCOOC(C)(C)C)OCCCC. The van der Waals surface area contributed by atoms with Gasteiger partial charge >= 0.3 is 7.60 Å². The molecular weight excluding hydrogens is 279 g/mol. The lowest BCUT2D eigenvalue weighted by molar-refractivity contribution is -0.345. The van der Waals surface area contributed by atoms with E-state index in [1.807, 2.05) is 20.8 Å². The van der Waals surface area contributed by atoms with Gasteiger partial charge in [0.2, 0.25) is 0 Å². The highest BCUT2D eigenvalue weighted by Crippen LogP contribution is 2.48. The van der Waals surface area contributed by atoms with Crippen LogP contribution in [0, 0.1) is 0 Å². The first kappa shape index (κ1) is 20.1. The number of rotatable bonds is 12. The molecule has 0 atom stereocenters. The monoisotopic (exact) mass is 310 g/mol. The van der Waals surface area contributed by atoms with Gasteiger partial charge in [-0.2, -0.15) is 0 Å². The molecule has 0 aliphatic carbocycles. The van der Waals surface area contributed by atoms with Gasteiger partial charge in [-0.1, -0.05) is 26.7 Å². The molecule has 0 unspecified atom stereocenters. The molecule has 0 heterocycles. The molecule has 6 heteroatoms. The quantitative estimate of drug-likeness (QED) is 0.229. The molecule has 0 bridgehead atoms. The highest BCUT2D eigenvalue weighted by molar-refractivity contribution is 7.53. The van der Waals surface area contributed by atoms with Gasteiger partial charge in [0.1, 0.15) is 0 Å². The molecule has 0 saturated heterocycles. The highest BCUT2D eigenvalue weighted by atomic mass is 31.2. The molecule has 0 aliphatic rings. The molecule has 0 radical (unpaired) electrons. The van der Waals surface area contributed by atoms with Crippen molar-refractivity contribution >= 4 is 7.60 Å². The first-order valence-electron chi connectivity index (χ1n) is 7.51. The molecule has 0 saturated carbocycles. The van der Waals surface area contributed by atoms with Crippen molar-refractivity contribution in [1.82, 2.24) is 0 Å². The Balaban J connectivity index is 4.12. The van der Waals surface area contributed by atoms with Crippen LogP contribution in [-0.2, 0) is 23.4 Å². The summed E-state index contributed by atoms with van der Waals surface area (Å²) in [6, 6.07) is 0. The first-order valence-corrected chi connectivity index (χ1v) is 9.24. The largest absolute Gasteiger partial charge is 0.333 e. The minimum atomic E-state index is -3.07. The molecule has 0 aromatic rings. The van der Waals surface area contributed by atoms with Crippen LogP contribution in [0.2, 0.25) is 0 Å². The topological polar surface area (TPSA) is 54.0 Å². The fraction of sp³-hybridized carbons (Fsp3) is 1.00. The van der Waals surface area contributed by atoms with Gasteiger partial charge in [0.05, 0.1) is 31.6 Å². The van der Waals surface area contributed by atoms with Gasteiger partial charge in [-0.15, -0.1) is 0 Å². The van der Waals surface area contributed by atoms with Crippen LogP contribution in [0.15, 0.2) is 0 Å². The third-order valence-electron chi connectivity index (χ3n) is 2.33. The van der Waals surface area contributed by atoms with Crippen molar-refractivity contribution in [1.29, 1.82) is 0 Å². The minimum absolute atomic E-state index is 0.201. The summed E-state index contributed by atoms with van der Waals surface area (Å²) in [5.74, 6) is 0. The van der Waals surface area contributed by atoms with Crippen LogP contribution in [0.5, 0.6) is 0 Å². The average Bonchev–Trinajstić information content (AvgIpc) is 2.35. The zero-order chi connectivity index (χ0) is 15.5. The van der Waals surface area contributed by atoms with Gasteiger partial charge in [0, 0.05) is 0 Å². The summed E-state index contributed by atoms with van der Waals surface area (Å²) in [5, 5.41) is 0. The van der Waals surface area contributed by atoms with E-state index in [4.69, 9.17) is 18.8 Å². The predicted molar refractivity (Wildman–Crippen MR) is 81.0 cm³/mol. The number of hydrogen-bond acceptors (Lipinski definition) is 5. The first-order chi connectivity index (χ1) is 9.33. The zero-order valence-electron chi connectivity index (χ0n) is 13.6. The van der Waals surface area contributed by atoms with Crippen molar-refractivity contribution in [3.63, 3.8) is 0 Å². The maximum Gasteiger partial charge on any atom is 0.333 e. The van der Waals surface area contributed by atoms with Crippen molar-refractivity contribution in [3.05, 3.63) is 0 Å². The second-order valence-electron chi connectivity index (χ2n) is 5.73. The number of hydrogen-bond donors (Lipinski definition) is 0. The van der Waals surface area contributed by atoms with Gasteiger partial charge in [-0.05, 0) is 33.6 Å². The van der Waals surface area contributed by atoms with E-state index in [0.717, 1.165) is 25.7 Å². The fourth-order valence-corrected chi connectivity index (χ4v) is 2.68. The molecule has 0 amide bonds. The standard InChI is InChI=1S/C14H31O5P/c1-6-8-10-17-20(15,18-11-9-7-2)13-12-16-19-14(3,4)5/h6-13H2,1-5H3. The smallest absolute Gasteiger partial charge is 0.309 e. The molecule has 0 fully saturated rings. The normalized spacial score (nSPS) is 12.8. The van der Waals surface area contributed by atoms with Crippen LogP contribution in [-0.4, -0.2) is 31.6 Å². The summed E-state index contributed by atoms with van der Waals surface area (Å²) in [7, 11) is -3.07. The van der Waals surface area contributed by atoms with Crippen LogP contribution in [0.4, 0.5) is 0 Å². The van der Waals surface area contributed by atoms with E-state index >= 15 is 0 Å². The fourth-order valence-electron chi connectivity index (χ4n) is 1.23. The molecule has 0 rings (SSSR count). The summed E-state index contributed by atoms with van der Waals surface area (Å²) in [4.78, 5) is 10.2. The van der Waals surface area contributed by atoms with E-state index in [0.29, 0.717) is 13.2 Å². The Morgan fingerprint density at radius 3 is 1.80 bits per heavy atom. The Morgan fingerprint density at radius 2 is 1.40 bits per heavy atom. The van der Waals surface area contributed by atoms with Crippen LogP contribution in [0.3, 0.4) is 0 Å². The van der Waals surface area contributed by atoms with E-state index in [2.05, 4.69) is 13.8 Å². The second-order valence-corrected chi connectivity index (χ2v) is 7.91. The number of unbranched alkanes of at least 4 members (excludes halogenated alkanes) is 2. The van der Waals surface area contributed by atoms with E-state index in [1.54, 1.807) is 0 Å². The van der Waals surface area contributed by atoms with Gasteiger partial charge in [0.15, 0.2) is 0 Å². The molecule has 0 N–H and O–H groups in total. The van der Waals surface area contributed by atoms with Crippen LogP contribution >= 0.6 is 7.60 Å². The highest BCUT2D eigenvalue weighted by Gasteiger charge is 2.25. The van der Waals surface area contributed by atoms with E-state index < -0.39 is 7.60 Å². The van der Waals surface area contributed by atoms with Crippen LogP contribution in [0.25, 0.3) is 0 Å². The van der Waals surface area contributed by atoms with Crippen LogP contribution in [0.1, 0.15) is 60.3 Å². The summed E-state index contributed by atoms with van der Waals surface area (Å²) in [5.41, 5.74) is -0.379. The Hall–Kier alpha value is 0.0700. The molecular formula is C14H31O5P. The van der Waals surface area contributed by atoms with Crippen LogP contribution < -0.4 is 0 Å². The Morgan fingerprint density at radius 1 is 0.900 bits per heavy atom. The van der Waals surface area contributed by atoms with Gasteiger partial charge in [-0.25, -0.2) is 9.78 Å². The summed E-state index contributed by atoms with van der Waals surface area (Å²) < 4.78 is 23.4. The molecule has 0 aromatic carbocycles. The zero-order valence-corrected chi connectivity index (χ0v) is 14.5. The maximum atomic E-state index is 12.5. The maximum absolute atomic E-state index is 12.5. The lowest BCUT2D eigenvalue weighted by Gasteiger charge is -2.20. The van der Waals surface area contributed by atoms with Crippen molar-refractivity contribution in [2.75, 3.05) is 26.0 Å². The molecule has 20 heavy (non-hydrogen) atoms. The third kappa shape index (κ3) is 11.9. The lowest BCUT2D eigenvalue weighted by atomic mass is 10.2. The molecule has 0 aromatic heterocycles. The van der Waals surface area contributed by atoms with Crippen molar-refractivity contribution in [2.45, 2.75) is 65.9 Å². The second kappa shape index (κ2) is 10.7. The Labute approximate surface area is 123 Å². The van der Waals surface area contributed by atoms with E-state index in [-0.39, 0.29) is 18.4 Å². The van der Waals surface area contributed by atoms with E-state index in [1.165, 1.54) is 0 Å². The van der Waals surface area contributed by atoms with Crippen molar-refractivity contribution < 1.29 is 23.4 Å². The predicted octanol–water partition coefficient (Wildman–Crippen LogP) is 4.56.